The van der Waals surface area contributed by atoms with Crippen LogP contribution in [0, 0.1) is 5.92 Å². The first-order chi connectivity index (χ1) is 13.6. The Morgan fingerprint density at radius 1 is 1.07 bits per heavy atom. The molecule has 1 aliphatic heterocycles. The first-order valence-corrected chi connectivity index (χ1v) is 10.6. The average molecular weight is 387 g/mol. The molecule has 0 aromatic heterocycles. The molecule has 1 aromatic rings. The van der Waals surface area contributed by atoms with E-state index in [1.54, 1.807) is 7.05 Å². The van der Waals surface area contributed by atoms with E-state index >= 15 is 0 Å². The summed E-state index contributed by atoms with van der Waals surface area (Å²) in [5, 5.41) is 5.81. The topological polar surface area (TPSA) is 64.7 Å². The van der Waals surface area contributed by atoms with Crippen molar-refractivity contribution in [2.45, 2.75) is 57.5 Å². The lowest BCUT2D eigenvalue weighted by molar-refractivity contribution is -0.125. The number of rotatable bonds is 5. The molecule has 3 amide bonds. The minimum atomic E-state index is -0.0665. The number of benzene rings is 1. The third kappa shape index (κ3) is 5.25. The summed E-state index contributed by atoms with van der Waals surface area (Å²) < 4.78 is 0. The van der Waals surface area contributed by atoms with Gasteiger partial charge in [0.25, 0.3) is 0 Å². The zero-order valence-electron chi connectivity index (χ0n) is 17.2. The number of para-hydroxylation sites is 1. The largest absolute Gasteiger partial charge is 0.359 e. The van der Waals surface area contributed by atoms with Crippen molar-refractivity contribution < 1.29 is 9.59 Å². The van der Waals surface area contributed by atoms with E-state index in [9.17, 15) is 9.59 Å². The van der Waals surface area contributed by atoms with Crippen molar-refractivity contribution >= 4 is 17.6 Å². The fourth-order valence-corrected chi connectivity index (χ4v) is 4.44. The predicted octanol–water partition coefficient (Wildman–Crippen LogP) is 3.44. The number of urea groups is 1. The van der Waals surface area contributed by atoms with Gasteiger partial charge in [0.1, 0.15) is 0 Å². The van der Waals surface area contributed by atoms with Gasteiger partial charge in [-0.25, -0.2) is 4.79 Å². The monoisotopic (exact) mass is 386 g/mol. The van der Waals surface area contributed by atoms with Crippen molar-refractivity contribution in [3.05, 3.63) is 29.8 Å². The van der Waals surface area contributed by atoms with Gasteiger partial charge < -0.3 is 15.5 Å². The first-order valence-electron chi connectivity index (χ1n) is 10.6. The Morgan fingerprint density at radius 2 is 1.75 bits per heavy atom. The van der Waals surface area contributed by atoms with Crippen LogP contribution in [0.5, 0.6) is 0 Å². The fourth-order valence-electron chi connectivity index (χ4n) is 4.44. The lowest BCUT2D eigenvalue weighted by Gasteiger charge is -2.33. The molecular weight excluding hydrogens is 352 g/mol. The lowest BCUT2D eigenvalue weighted by atomic mass is 9.94. The third-order valence-corrected chi connectivity index (χ3v) is 6.28. The quantitative estimate of drug-likeness (QED) is 0.815. The second kappa shape index (κ2) is 9.92. The maximum atomic E-state index is 12.8. The molecular formula is C22H34N4O2. The van der Waals surface area contributed by atoms with Crippen LogP contribution in [0.3, 0.4) is 0 Å². The minimum Gasteiger partial charge on any atom is -0.359 e. The number of amides is 3. The average Bonchev–Trinajstić information content (AvgIpc) is 2.75. The van der Waals surface area contributed by atoms with Crippen LogP contribution >= 0.6 is 0 Å². The van der Waals surface area contributed by atoms with Crippen molar-refractivity contribution in [2.24, 2.45) is 5.92 Å². The number of nitrogens with one attached hydrogen (secondary N) is 2. The van der Waals surface area contributed by atoms with Gasteiger partial charge in [0.15, 0.2) is 0 Å². The van der Waals surface area contributed by atoms with Gasteiger partial charge in [-0.15, -0.1) is 0 Å². The van der Waals surface area contributed by atoms with Crippen molar-refractivity contribution in [1.82, 2.24) is 15.1 Å². The Labute approximate surface area is 168 Å². The van der Waals surface area contributed by atoms with Gasteiger partial charge in [-0.2, -0.15) is 0 Å². The van der Waals surface area contributed by atoms with E-state index in [4.69, 9.17) is 0 Å². The number of anilines is 1. The molecule has 6 nitrogen and oxygen atoms in total. The zero-order valence-corrected chi connectivity index (χ0v) is 17.2. The SMILES string of the molecule is CNC(=O)C1CCN(C(=O)Nc2ccccc2CN(C)C2CCCCC2)CC1. The van der Waals surface area contributed by atoms with Gasteiger partial charge in [-0.05, 0) is 44.4 Å². The molecule has 0 bridgehead atoms. The van der Waals surface area contributed by atoms with Crippen LogP contribution < -0.4 is 10.6 Å². The highest BCUT2D eigenvalue weighted by molar-refractivity contribution is 5.90. The molecule has 2 fully saturated rings. The van der Waals surface area contributed by atoms with E-state index in [1.807, 2.05) is 23.1 Å². The highest BCUT2D eigenvalue weighted by atomic mass is 16.2. The zero-order chi connectivity index (χ0) is 19.9. The number of hydrogen-bond acceptors (Lipinski definition) is 3. The molecule has 1 saturated carbocycles. The second-order valence-corrected chi connectivity index (χ2v) is 8.17. The van der Waals surface area contributed by atoms with Crippen LogP contribution in [-0.4, -0.2) is 55.0 Å². The molecule has 0 unspecified atom stereocenters. The Bertz CT molecular complexity index is 664. The number of piperidine rings is 1. The number of hydrogen-bond donors (Lipinski definition) is 2. The fraction of sp³-hybridized carbons (Fsp3) is 0.636. The third-order valence-electron chi connectivity index (χ3n) is 6.28. The summed E-state index contributed by atoms with van der Waals surface area (Å²) in [5.74, 6) is 0.0987. The summed E-state index contributed by atoms with van der Waals surface area (Å²) in [6.45, 7) is 2.09. The molecule has 3 rings (SSSR count). The minimum absolute atomic E-state index is 0.0190. The van der Waals surface area contributed by atoms with E-state index in [-0.39, 0.29) is 17.9 Å². The number of carbonyl (C=O) groups is 2. The normalized spacial score (nSPS) is 18.9. The van der Waals surface area contributed by atoms with Crippen LogP contribution in [0.2, 0.25) is 0 Å². The molecule has 0 radical (unpaired) electrons. The summed E-state index contributed by atoms with van der Waals surface area (Å²) >= 11 is 0. The molecule has 0 atom stereocenters. The van der Waals surface area contributed by atoms with Crippen LogP contribution in [0.25, 0.3) is 0 Å². The van der Waals surface area contributed by atoms with Crippen LogP contribution in [0.4, 0.5) is 10.5 Å². The molecule has 0 spiro atoms. The highest BCUT2D eigenvalue weighted by Crippen LogP contribution is 2.25. The molecule has 2 aliphatic rings. The number of carbonyl (C=O) groups excluding carboxylic acids is 2. The second-order valence-electron chi connectivity index (χ2n) is 8.17. The molecule has 2 N–H and O–H groups in total. The molecule has 1 saturated heterocycles. The van der Waals surface area contributed by atoms with Gasteiger partial charge in [0, 0.05) is 44.3 Å². The van der Waals surface area contributed by atoms with Gasteiger partial charge in [0.2, 0.25) is 5.91 Å². The molecule has 1 aromatic carbocycles. The summed E-state index contributed by atoms with van der Waals surface area (Å²) in [6, 6.07) is 8.67. The molecule has 6 heteroatoms. The van der Waals surface area contributed by atoms with Gasteiger partial charge in [0.05, 0.1) is 0 Å². The standard InChI is InChI=1S/C22H34N4O2/c1-23-21(27)17-12-14-26(15-13-17)22(28)24-20-11-7-6-8-18(20)16-25(2)19-9-4-3-5-10-19/h6-8,11,17,19H,3-5,9-10,12-16H2,1-2H3,(H,23,27)(H,24,28). The van der Waals surface area contributed by atoms with Gasteiger partial charge in [-0.1, -0.05) is 37.5 Å². The predicted molar refractivity (Wildman–Crippen MR) is 112 cm³/mol. The van der Waals surface area contributed by atoms with E-state index in [0.717, 1.165) is 30.6 Å². The van der Waals surface area contributed by atoms with Crippen molar-refractivity contribution in [1.29, 1.82) is 0 Å². The van der Waals surface area contributed by atoms with Crippen LogP contribution in [0.15, 0.2) is 24.3 Å². The Hall–Kier alpha value is -2.08. The van der Waals surface area contributed by atoms with Crippen molar-refractivity contribution in [2.75, 3.05) is 32.5 Å². The maximum absolute atomic E-state index is 12.8. The first kappa shape index (κ1) is 20.6. The lowest BCUT2D eigenvalue weighted by Crippen LogP contribution is -2.44. The Morgan fingerprint density at radius 3 is 2.43 bits per heavy atom. The van der Waals surface area contributed by atoms with E-state index in [2.05, 4.69) is 28.6 Å². The summed E-state index contributed by atoms with van der Waals surface area (Å²) in [4.78, 5) is 28.8. The van der Waals surface area contributed by atoms with Gasteiger partial charge in [-0.3, -0.25) is 9.69 Å². The van der Waals surface area contributed by atoms with E-state index in [1.165, 1.54) is 32.1 Å². The van der Waals surface area contributed by atoms with Crippen molar-refractivity contribution in [3.63, 3.8) is 0 Å². The van der Waals surface area contributed by atoms with Crippen LogP contribution in [0.1, 0.15) is 50.5 Å². The van der Waals surface area contributed by atoms with E-state index < -0.39 is 0 Å². The van der Waals surface area contributed by atoms with Crippen molar-refractivity contribution in [3.8, 4) is 0 Å². The molecule has 28 heavy (non-hydrogen) atoms. The smallest absolute Gasteiger partial charge is 0.321 e. The van der Waals surface area contributed by atoms with E-state index in [0.29, 0.717) is 19.1 Å². The highest BCUT2D eigenvalue weighted by Gasteiger charge is 2.27. The summed E-state index contributed by atoms with van der Waals surface area (Å²) in [5.41, 5.74) is 2.05. The number of likely N-dealkylation sites (tertiary alicyclic amines) is 1. The Balaban J connectivity index is 1.57. The molecule has 154 valence electrons. The van der Waals surface area contributed by atoms with Crippen LogP contribution in [-0.2, 0) is 11.3 Å². The molecule has 1 heterocycles. The maximum Gasteiger partial charge on any atom is 0.321 e. The van der Waals surface area contributed by atoms with Gasteiger partial charge >= 0.3 is 6.03 Å². The number of nitrogens with zero attached hydrogens (tertiary/aromatic N) is 2. The Kier molecular flexibility index (Phi) is 7.31. The summed E-state index contributed by atoms with van der Waals surface area (Å²) in [6.07, 6.45) is 7.97. The molecule has 1 aliphatic carbocycles. The summed E-state index contributed by atoms with van der Waals surface area (Å²) in [7, 11) is 3.86.